The van der Waals surface area contributed by atoms with Crippen molar-refractivity contribution < 1.29 is 0 Å². The Bertz CT molecular complexity index is 229. The van der Waals surface area contributed by atoms with Crippen molar-refractivity contribution in [3.8, 4) is 0 Å². The summed E-state index contributed by atoms with van der Waals surface area (Å²) >= 11 is 0. The molecule has 2 saturated carbocycles. The molecule has 0 heterocycles. The molecule has 2 rings (SSSR count). The summed E-state index contributed by atoms with van der Waals surface area (Å²) in [5.41, 5.74) is 2.04. The minimum atomic E-state index is 0.539. The van der Waals surface area contributed by atoms with Crippen molar-refractivity contribution in [2.75, 3.05) is 0 Å². The minimum Gasteiger partial charge on any atom is -0.134 e. The summed E-state index contributed by atoms with van der Waals surface area (Å²) in [4.78, 5) is 0. The first-order valence-corrected chi connectivity index (χ1v) is 6.28. The molecule has 0 amide bonds. The standard InChI is InChI=1S/C12H23P/c1-7(2)10-9-6-12(9,10)11(4,5)8(3)13/h7-10H,6,13H2,1-5H3. The normalized spacial score (nSPS) is 44.5. The molecule has 0 aromatic heterocycles. The van der Waals surface area contributed by atoms with Crippen LogP contribution >= 0.6 is 9.24 Å². The molecule has 1 heteroatoms. The molecular formula is C12H23P. The Morgan fingerprint density at radius 2 is 1.85 bits per heavy atom. The molecule has 13 heavy (non-hydrogen) atoms. The summed E-state index contributed by atoms with van der Waals surface area (Å²) in [7, 11) is 3.00. The van der Waals surface area contributed by atoms with E-state index in [0.717, 1.165) is 28.8 Å². The van der Waals surface area contributed by atoms with Gasteiger partial charge in [0, 0.05) is 0 Å². The van der Waals surface area contributed by atoms with Gasteiger partial charge in [0.25, 0.3) is 0 Å². The van der Waals surface area contributed by atoms with E-state index in [2.05, 4.69) is 43.9 Å². The van der Waals surface area contributed by atoms with Crippen LogP contribution < -0.4 is 0 Å². The molecule has 0 saturated heterocycles. The maximum absolute atomic E-state index is 3.00. The third kappa shape index (κ3) is 1.02. The Balaban J connectivity index is 2.12. The van der Waals surface area contributed by atoms with Crippen LogP contribution in [-0.4, -0.2) is 5.66 Å². The predicted octanol–water partition coefficient (Wildman–Crippen LogP) is 3.57. The fourth-order valence-corrected chi connectivity index (χ4v) is 3.92. The van der Waals surface area contributed by atoms with Gasteiger partial charge in [0.1, 0.15) is 0 Å². The summed E-state index contributed by atoms with van der Waals surface area (Å²) in [6.45, 7) is 12.1. The summed E-state index contributed by atoms with van der Waals surface area (Å²) < 4.78 is 0. The first-order chi connectivity index (χ1) is 5.85. The summed E-state index contributed by atoms with van der Waals surface area (Å²) in [5.74, 6) is 3.04. The van der Waals surface area contributed by atoms with Crippen LogP contribution in [0.25, 0.3) is 0 Å². The van der Waals surface area contributed by atoms with E-state index in [1.807, 2.05) is 0 Å². The third-order valence-corrected chi connectivity index (χ3v) is 5.87. The Kier molecular flexibility index (Phi) is 1.92. The van der Waals surface area contributed by atoms with Gasteiger partial charge >= 0.3 is 0 Å². The van der Waals surface area contributed by atoms with Crippen LogP contribution in [0.2, 0.25) is 0 Å². The minimum absolute atomic E-state index is 0.539. The Hall–Kier alpha value is 0.430. The van der Waals surface area contributed by atoms with Gasteiger partial charge in [-0.15, -0.1) is 9.24 Å². The van der Waals surface area contributed by atoms with E-state index in [9.17, 15) is 0 Å². The molecule has 0 aromatic carbocycles. The second-order valence-electron chi connectivity index (χ2n) is 6.13. The molecule has 0 bridgehead atoms. The van der Waals surface area contributed by atoms with Crippen LogP contribution in [0.15, 0.2) is 0 Å². The van der Waals surface area contributed by atoms with E-state index >= 15 is 0 Å². The highest BCUT2D eigenvalue weighted by Gasteiger charge is 2.83. The maximum Gasteiger partial charge on any atom is -0.0173 e. The molecule has 2 aliphatic rings. The molecule has 0 radical (unpaired) electrons. The van der Waals surface area contributed by atoms with Crippen molar-refractivity contribution in [1.29, 1.82) is 0 Å². The molecule has 0 spiro atoms. The zero-order chi connectivity index (χ0) is 10.0. The van der Waals surface area contributed by atoms with Crippen molar-refractivity contribution in [1.82, 2.24) is 0 Å². The lowest BCUT2D eigenvalue weighted by atomic mass is 9.74. The zero-order valence-electron chi connectivity index (χ0n) is 9.59. The third-order valence-electron chi connectivity index (χ3n) is 5.03. The monoisotopic (exact) mass is 198 g/mol. The highest BCUT2D eigenvalue weighted by atomic mass is 31.0. The van der Waals surface area contributed by atoms with E-state index in [-0.39, 0.29) is 0 Å². The van der Waals surface area contributed by atoms with Gasteiger partial charge < -0.3 is 0 Å². The van der Waals surface area contributed by atoms with Gasteiger partial charge in [-0.3, -0.25) is 0 Å². The van der Waals surface area contributed by atoms with Crippen molar-refractivity contribution in [2.24, 2.45) is 28.6 Å². The molecule has 0 N–H and O–H groups in total. The smallest absolute Gasteiger partial charge is 0.0173 e. The molecule has 0 nitrogen and oxygen atoms in total. The highest BCUT2D eigenvalue weighted by molar-refractivity contribution is 7.17. The Morgan fingerprint density at radius 3 is 2.08 bits per heavy atom. The van der Waals surface area contributed by atoms with Crippen LogP contribution in [0.5, 0.6) is 0 Å². The van der Waals surface area contributed by atoms with Crippen molar-refractivity contribution in [3.63, 3.8) is 0 Å². The van der Waals surface area contributed by atoms with Crippen LogP contribution in [0, 0.1) is 28.6 Å². The molecule has 2 aliphatic carbocycles. The highest BCUT2D eigenvalue weighted by Crippen LogP contribution is 2.88. The summed E-state index contributed by atoms with van der Waals surface area (Å²) in [5, 5.41) is 0. The van der Waals surface area contributed by atoms with Gasteiger partial charge in [-0.1, -0.05) is 34.6 Å². The van der Waals surface area contributed by atoms with Gasteiger partial charge in [0.05, 0.1) is 0 Å². The first-order valence-electron chi connectivity index (χ1n) is 5.61. The lowest BCUT2D eigenvalue weighted by Gasteiger charge is -2.36. The molecule has 5 unspecified atom stereocenters. The Labute approximate surface area is 85.1 Å². The average molecular weight is 198 g/mol. The topological polar surface area (TPSA) is 0 Å². The quantitative estimate of drug-likeness (QED) is 0.608. The van der Waals surface area contributed by atoms with Gasteiger partial charge in [-0.2, -0.15) is 0 Å². The second-order valence-corrected chi connectivity index (χ2v) is 7.13. The predicted molar refractivity (Wildman–Crippen MR) is 61.8 cm³/mol. The van der Waals surface area contributed by atoms with Crippen LogP contribution in [0.1, 0.15) is 41.0 Å². The fraction of sp³-hybridized carbons (Fsp3) is 1.00. The van der Waals surface area contributed by atoms with Crippen LogP contribution in [0.4, 0.5) is 0 Å². The van der Waals surface area contributed by atoms with E-state index in [0.29, 0.717) is 5.41 Å². The summed E-state index contributed by atoms with van der Waals surface area (Å²) in [6.07, 6.45) is 1.52. The molecule has 0 aliphatic heterocycles. The molecular weight excluding hydrogens is 175 g/mol. The number of fused-ring (bicyclic) bond motifs is 1. The van der Waals surface area contributed by atoms with Crippen molar-refractivity contribution in [2.45, 2.75) is 46.7 Å². The lowest BCUT2D eigenvalue weighted by molar-refractivity contribution is 0.190. The van der Waals surface area contributed by atoms with Gasteiger partial charge in [0.2, 0.25) is 0 Å². The van der Waals surface area contributed by atoms with Gasteiger partial charge in [-0.25, -0.2) is 0 Å². The van der Waals surface area contributed by atoms with Gasteiger partial charge in [0.15, 0.2) is 0 Å². The SMILES string of the molecule is CC(C)C1C2CC21C(C)(C)C(C)P. The summed E-state index contributed by atoms with van der Waals surface area (Å²) in [6, 6.07) is 0. The molecule has 2 fully saturated rings. The molecule has 76 valence electrons. The number of hydrogen-bond acceptors (Lipinski definition) is 0. The van der Waals surface area contributed by atoms with E-state index in [1.54, 1.807) is 0 Å². The lowest BCUT2D eigenvalue weighted by Crippen LogP contribution is -2.31. The average Bonchev–Trinajstić information content (AvgIpc) is 2.67. The fourth-order valence-electron chi connectivity index (χ4n) is 3.61. The van der Waals surface area contributed by atoms with E-state index in [4.69, 9.17) is 0 Å². The van der Waals surface area contributed by atoms with Crippen LogP contribution in [-0.2, 0) is 0 Å². The molecule has 0 aromatic rings. The van der Waals surface area contributed by atoms with Crippen molar-refractivity contribution in [3.05, 3.63) is 0 Å². The zero-order valence-corrected chi connectivity index (χ0v) is 10.7. The van der Waals surface area contributed by atoms with E-state index < -0.39 is 0 Å². The number of rotatable bonds is 3. The van der Waals surface area contributed by atoms with E-state index in [1.165, 1.54) is 6.42 Å². The number of hydrogen-bond donors (Lipinski definition) is 0. The maximum atomic E-state index is 3.00. The molecule has 5 atom stereocenters. The van der Waals surface area contributed by atoms with Gasteiger partial charge in [-0.05, 0) is 40.7 Å². The van der Waals surface area contributed by atoms with Crippen LogP contribution in [0.3, 0.4) is 0 Å². The first kappa shape index (κ1) is 9.97. The largest absolute Gasteiger partial charge is 0.134 e. The van der Waals surface area contributed by atoms with Crippen molar-refractivity contribution >= 4 is 9.24 Å². The second kappa shape index (κ2) is 2.51. The Morgan fingerprint density at radius 1 is 1.31 bits per heavy atom.